The van der Waals surface area contributed by atoms with E-state index >= 15 is 0 Å². The van der Waals surface area contributed by atoms with Gasteiger partial charge < -0.3 is 10.6 Å². The van der Waals surface area contributed by atoms with Gasteiger partial charge in [0.25, 0.3) is 5.91 Å². The Hall–Kier alpha value is -3.41. The van der Waals surface area contributed by atoms with Crippen LogP contribution < -0.4 is 10.6 Å². The minimum Gasteiger partial charge on any atom is -0.350 e. The third-order valence-electron chi connectivity index (χ3n) is 3.95. The van der Waals surface area contributed by atoms with Crippen LogP contribution in [0.15, 0.2) is 66.9 Å². The molecule has 0 bridgehead atoms. The highest BCUT2D eigenvalue weighted by molar-refractivity contribution is 6.01. The summed E-state index contributed by atoms with van der Waals surface area (Å²) in [7, 11) is 0. The molecule has 3 rings (SSSR count). The smallest absolute Gasteiger partial charge is 0.255 e. The molecule has 2 N–H and O–H groups in total. The average molecular weight is 376 g/mol. The van der Waals surface area contributed by atoms with Crippen LogP contribution in [-0.2, 0) is 4.79 Å². The fourth-order valence-corrected chi connectivity index (χ4v) is 2.78. The molecule has 0 aliphatic carbocycles. The Morgan fingerprint density at radius 1 is 0.964 bits per heavy atom. The number of amides is 2. The Morgan fingerprint density at radius 2 is 1.57 bits per heavy atom. The van der Waals surface area contributed by atoms with Crippen LogP contribution in [0.5, 0.6) is 0 Å². The van der Waals surface area contributed by atoms with E-state index in [2.05, 4.69) is 15.7 Å². The second-order valence-electron chi connectivity index (χ2n) is 7.52. The molecule has 0 aliphatic rings. The average Bonchev–Trinajstić information content (AvgIpc) is 3.12. The maximum atomic E-state index is 12.8. The van der Waals surface area contributed by atoms with Gasteiger partial charge in [0.1, 0.15) is 5.69 Å². The molecule has 0 spiro atoms. The summed E-state index contributed by atoms with van der Waals surface area (Å²) in [6, 6.07) is 19.1. The van der Waals surface area contributed by atoms with Crippen LogP contribution >= 0.6 is 0 Å². The zero-order valence-corrected chi connectivity index (χ0v) is 16.3. The molecule has 0 aliphatic heterocycles. The molecule has 0 saturated heterocycles. The van der Waals surface area contributed by atoms with Gasteiger partial charge in [-0.3, -0.25) is 9.59 Å². The second kappa shape index (κ2) is 8.08. The number of rotatable bonds is 5. The van der Waals surface area contributed by atoms with E-state index in [9.17, 15) is 9.59 Å². The van der Waals surface area contributed by atoms with E-state index in [0.717, 1.165) is 11.3 Å². The Balaban J connectivity index is 1.87. The van der Waals surface area contributed by atoms with Gasteiger partial charge in [-0.05, 0) is 32.9 Å². The summed E-state index contributed by atoms with van der Waals surface area (Å²) in [6.45, 7) is 5.58. The van der Waals surface area contributed by atoms with Gasteiger partial charge in [-0.1, -0.05) is 48.5 Å². The molecule has 0 unspecified atom stereocenters. The molecule has 0 radical (unpaired) electrons. The number of nitrogens with one attached hydrogen (secondary N) is 2. The van der Waals surface area contributed by atoms with Crippen molar-refractivity contribution in [3.8, 4) is 16.9 Å². The summed E-state index contributed by atoms with van der Waals surface area (Å²) in [5.41, 5.74) is 2.32. The van der Waals surface area contributed by atoms with Crippen molar-refractivity contribution < 1.29 is 9.59 Å². The number of aromatic nitrogens is 2. The van der Waals surface area contributed by atoms with Gasteiger partial charge in [0.2, 0.25) is 5.91 Å². The van der Waals surface area contributed by atoms with Crippen molar-refractivity contribution in [3.05, 3.63) is 72.4 Å². The van der Waals surface area contributed by atoms with Crippen LogP contribution in [0.3, 0.4) is 0 Å². The second-order valence-corrected chi connectivity index (χ2v) is 7.52. The molecule has 2 amide bonds. The largest absolute Gasteiger partial charge is 0.350 e. The minimum absolute atomic E-state index is 0.0964. The molecule has 0 saturated carbocycles. The van der Waals surface area contributed by atoms with Crippen molar-refractivity contribution in [2.75, 3.05) is 6.54 Å². The quantitative estimate of drug-likeness (QED) is 0.718. The van der Waals surface area contributed by atoms with Crippen molar-refractivity contribution in [2.24, 2.45) is 0 Å². The van der Waals surface area contributed by atoms with Gasteiger partial charge in [-0.2, -0.15) is 5.10 Å². The normalized spacial score (nSPS) is 11.1. The molecule has 1 aromatic heterocycles. The number of hydrogen-bond donors (Lipinski definition) is 2. The zero-order chi connectivity index (χ0) is 20.1. The minimum atomic E-state index is -0.352. The first-order valence-electron chi connectivity index (χ1n) is 9.13. The molecule has 6 heteroatoms. The first-order chi connectivity index (χ1) is 13.3. The van der Waals surface area contributed by atoms with Gasteiger partial charge in [0, 0.05) is 17.3 Å². The summed E-state index contributed by atoms with van der Waals surface area (Å²) in [6.07, 6.45) is 1.69. The van der Waals surface area contributed by atoms with E-state index in [1.54, 1.807) is 10.9 Å². The van der Waals surface area contributed by atoms with E-state index in [-0.39, 0.29) is 23.9 Å². The molecule has 144 valence electrons. The lowest BCUT2D eigenvalue weighted by atomic mass is 10.1. The summed E-state index contributed by atoms with van der Waals surface area (Å²) in [5, 5.41) is 10.1. The van der Waals surface area contributed by atoms with Crippen molar-refractivity contribution in [1.29, 1.82) is 0 Å². The van der Waals surface area contributed by atoms with Gasteiger partial charge in [0.15, 0.2) is 0 Å². The Bertz CT molecular complexity index is 957. The first kappa shape index (κ1) is 19.4. The number of carbonyl (C=O) groups is 2. The molecule has 2 aromatic carbocycles. The fraction of sp³-hybridized carbons (Fsp3) is 0.227. The number of carbonyl (C=O) groups excluding carboxylic acids is 2. The van der Waals surface area contributed by atoms with Crippen molar-refractivity contribution >= 4 is 11.8 Å². The maximum Gasteiger partial charge on any atom is 0.255 e. The molecule has 1 heterocycles. The Labute approximate surface area is 164 Å². The lowest BCUT2D eigenvalue weighted by molar-refractivity contribution is -0.121. The van der Waals surface area contributed by atoms with Crippen LogP contribution in [0.1, 0.15) is 31.1 Å². The van der Waals surface area contributed by atoms with E-state index in [4.69, 9.17) is 0 Å². The zero-order valence-electron chi connectivity index (χ0n) is 16.3. The standard InChI is InChI=1S/C22H24N4O2/c1-22(2,3)24-19(27)14-23-21(28)18-15-26(17-12-8-5-9-13-17)25-20(18)16-10-6-4-7-11-16/h4-13,15H,14H2,1-3H3,(H,23,28)(H,24,27). The van der Waals surface area contributed by atoms with Gasteiger partial charge in [-0.25, -0.2) is 4.68 Å². The fourth-order valence-electron chi connectivity index (χ4n) is 2.78. The van der Waals surface area contributed by atoms with Crippen molar-refractivity contribution in [2.45, 2.75) is 26.3 Å². The SMILES string of the molecule is CC(C)(C)NC(=O)CNC(=O)c1cn(-c2ccccc2)nc1-c1ccccc1. The Kier molecular flexibility index (Phi) is 5.59. The molecule has 28 heavy (non-hydrogen) atoms. The predicted molar refractivity (Wildman–Crippen MR) is 109 cm³/mol. The van der Waals surface area contributed by atoms with E-state index in [0.29, 0.717) is 11.3 Å². The number of hydrogen-bond acceptors (Lipinski definition) is 3. The lowest BCUT2D eigenvalue weighted by Crippen LogP contribution is -2.45. The molecule has 6 nitrogen and oxygen atoms in total. The summed E-state index contributed by atoms with van der Waals surface area (Å²) >= 11 is 0. The predicted octanol–water partition coefficient (Wildman–Crippen LogP) is 3.18. The maximum absolute atomic E-state index is 12.8. The van der Waals surface area contributed by atoms with Crippen LogP contribution in [0.2, 0.25) is 0 Å². The van der Waals surface area contributed by atoms with Gasteiger partial charge >= 0.3 is 0 Å². The topological polar surface area (TPSA) is 76.0 Å². The van der Waals surface area contributed by atoms with Crippen LogP contribution in [0.25, 0.3) is 16.9 Å². The molecular weight excluding hydrogens is 352 g/mol. The molecular formula is C22H24N4O2. The number of nitrogens with zero attached hydrogens (tertiary/aromatic N) is 2. The highest BCUT2D eigenvalue weighted by Crippen LogP contribution is 2.23. The van der Waals surface area contributed by atoms with E-state index < -0.39 is 0 Å². The van der Waals surface area contributed by atoms with Gasteiger partial charge in [0.05, 0.1) is 17.8 Å². The highest BCUT2D eigenvalue weighted by Gasteiger charge is 2.20. The van der Waals surface area contributed by atoms with Crippen LogP contribution in [-0.4, -0.2) is 33.7 Å². The molecule has 0 atom stereocenters. The number of benzene rings is 2. The highest BCUT2D eigenvalue weighted by atomic mass is 16.2. The van der Waals surface area contributed by atoms with Crippen molar-refractivity contribution in [1.82, 2.24) is 20.4 Å². The van der Waals surface area contributed by atoms with Crippen LogP contribution in [0, 0.1) is 0 Å². The third kappa shape index (κ3) is 4.85. The molecule has 3 aromatic rings. The summed E-state index contributed by atoms with van der Waals surface area (Å²) in [4.78, 5) is 24.8. The number of para-hydroxylation sites is 1. The monoisotopic (exact) mass is 376 g/mol. The van der Waals surface area contributed by atoms with Crippen molar-refractivity contribution in [3.63, 3.8) is 0 Å². The summed E-state index contributed by atoms with van der Waals surface area (Å²) < 4.78 is 1.67. The van der Waals surface area contributed by atoms with Gasteiger partial charge in [-0.15, -0.1) is 0 Å². The van der Waals surface area contributed by atoms with E-state index in [1.165, 1.54) is 0 Å². The summed E-state index contributed by atoms with van der Waals surface area (Å²) in [5.74, 6) is -0.581. The lowest BCUT2D eigenvalue weighted by Gasteiger charge is -2.20. The molecule has 0 fully saturated rings. The Morgan fingerprint density at radius 3 is 2.18 bits per heavy atom. The first-order valence-corrected chi connectivity index (χ1v) is 9.13. The van der Waals surface area contributed by atoms with E-state index in [1.807, 2.05) is 81.4 Å². The van der Waals surface area contributed by atoms with Crippen LogP contribution in [0.4, 0.5) is 0 Å². The third-order valence-corrected chi connectivity index (χ3v) is 3.95.